The molecule has 0 aliphatic carbocycles. The van der Waals surface area contributed by atoms with Crippen molar-refractivity contribution in [1.82, 2.24) is 10.2 Å². The third kappa shape index (κ3) is 8.44. The fourth-order valence-corrected chi connectivity index (χ4v) is 3.40. The summed E-state index contributed by atoms with van der Waals surface area (Å²) in [6.45, 7) is 7.62. The predicted molar refractivity (Wildman–Crippen MR) is 125 cm³/mol. The summed E-state index contributed by atoms with van der Waals surface area (Å²) in [5.74, 6) is 0.714. The quantitative estimate of drug-likeness (QED) is 0.466. The van der Waals surface area contributed by atoms with Gasteiger partial charge in [-0.3, -0.25) is 9.59 Å². The van der Waals surface area contributed by atoms with Crippen molar-refractivity contribution in [2.45, 2.75) is 65.5 Å². The summed E-state index contributed by atoms with van der Waals surface area (Å²) in [4.78, 5) is 27.7. The highest BCUT2D eigenvalue weighted by molar-refractivity contribution is 5.87. The zero-order chi connectivity index (χ0) is 22.5. The molecule has 1 N–H and O–H groups in total. The molecule has 0 bridgehead atoms. The molecule has 168 valence electrons. The number of carbonyl (C=O) groups is 2. The molecule has 0 heterocycles. The minimum absolute atomic E-state index is 0.0196. The average molecular weight is 425 g/mol. The van der Waals surface area contributed by atoms with Gasteiger partial charge in [0.15, 0.2) is 0 Å². The van der Waals surface area contributed by atoms with Crippen LogP contribution in [-0.4, -0.2) is 35.9 Å². The lowest BCUT2D eigenvalue weighted by Crippen LogP contribution is -2.49. The van der Waals surface area contributed by atoms with Gasteiger partial charge in [-0.2, -0.15) is 0 Å². The Morgan fingerprint density at radius 1 is 1.00 bits per heavy atom. The fourth-order valence-electron chi connectivity index (χ4n) is 3.40. The minimum atomic E-state index is -0.470. The van der Waals surface area contributed by atoms with Crippen LogP contribution in [0.3, 0.4) is 0 Å². The lowest BCUT2D eigenvalue weighted by molar-refractivity contribution is -0.141. The van der Waals surface area contributed by atoms with Gasteiger partial charge in [-0.25, -0.2) is 0 Å². The molecule has 0 aromatic heterocycles. The van der Waals surface area contributed by atoms with E-state index < -0.39 is 6.04 Å². The van der Waals surface area contributed by atoms with Crippen molar-refractivity contribution in [3.05, 3.63) is 65.7 Å². The average Bonchev–Trinajstić information content (AvgIpc) is 2.78. The van der Waals surface area contributed by atoms with Gasteiger partial charge < -0.3 is 15.0 Å². The Bertz CT molecular complexity index is 790. The first-order chi connectivity index (χ1) is 15.0. The van der Waals surface area contributed by atoms with E-state index in [0.717, 1.165) is 24.2 Å². The number of amides is 2. The van der Waals surface area contributed by atoms with E-state index >= 15 is 0 Å². The smallest absolute Gasteiger partial charge is 0.242 e. The van der Waals surface area contributed by atoms with Crippen LogP contribution >= 0.6 is 0 Å². The molecular formula is C26H36N2O3. The number of nitrogens with one attached hydrogen (secondary N) is 1. The minimum Gasteiger partial charge on any atom is -0.494 e. The molecule has 2 rings (SSSR count). The van der Waals surface area contributed by atoms with Gasteiger partial charge in [0, 0.05) is 19.5 Å². The first kappa shape index (κ1) is 24.4. The molecule has 0 aliphatic heterocycles. The van der Waals surface area contributed by atoms with Crippen molar-refractivity contribution >= 4 is 11.8 Å². The molecule has 5 nitrogen and oxygen atoms in total. The van der Waals surface area contributed by atoms with Gasteiger partial charge in [-0.1, -0.05) is 68.3 Å². The van der Waals surface area contributed by atoms with E-state index in [-0.39, 0.29) is 11.8 Å². The van der Waals surface area contributed by atoms with Crippen LogP contribution in [0.15, 0.2) is 54.6 Å². The largest absolute Gasteiger partial charge is 0.494 e. The molecule has 0 radical (unpaired) electrons. The maximum Gasteiger partial charge on any atom is 0.242 e. The van der Waals surface area contributed by atoms with Gasteiger partial charge in [0.25, 0.3) is 0 Å². The van der Waals surface area contributed by atoms with Gasteiger partial charge in [0.1, 0.15) is 11.8 Å². The number of nitrogens with zero attached hydrogens (tertiary/aromatic N) is 1. The molecule has 0 fully saturated rings. The summed E-state index contributed by atoms with van der Waals surface area (Å²) in [7, 11) is 0. The predicted octanol–water partition coefficient (Wildman–Crippen LogP) is 4.88. The summed E-state index contributed by atoms with van der Waals surface area (Å²) in [6.07, 6.45) is 3.48. The zero-order valence-electron chi connectivity index (χ0n) is 19.1. The first-order valence-corrected chi connectivity index (χ1v) is 11.4. The Kier molecular flexibility index (Phi) is 10.6. The highest BCUT2D eigenvalue weighted by atomic mass is 16.5. The number of benzene rings is 2. The van der Waals surface area contributed by atoms with Crippen molar-refractivity contribution in [3.63, 3.8) is 0 Å². The van der Waals surface area contributed by atoms with Crippen LogP contribution in [0, 0.1) is 6.92 Å². The molecule has 2 aromatic rings. The van der Waals surface area contributed by atoms with E-state index in [4.69, 9.17) is 4.74 Å². The van der Waals surface area contributed by atoms with Crippen LogP contribution in [0.25, 0.3) is 0 Å². The molecule has 0 saturated carbocycles. The van der Waals surface area contributed by atoms with Crippen molar-refractivity contribution in [2.24, 2.45) is 0 Å². The van der Waals surface area contributed by atoms with E-state index in [1.165, 1.54) is 5.56 Å². The van der Waals surface area contributed by atoms with Crippen molar-refractivity contribution in [1.29, 1.82) is 0 Å². The van der Waals surface area contributed by atoms with E-state index in [9.17, 15) is 9.59 Å². The van der Waals surface area contributed by atoms with Gasteiger partial charge in [0.05, 0.1) is 6.61 Å². The summed E-state index contributed by atoms with van der Waals surface area (Å²) < 4.78 is 5.76. The Morgan fingerprint density at radius 3 is 2.35 bits per heavy atom. The second-order valence-electron chi connectivity index (χ2n) is 7.84. The number of hydrogen-bond acceptors (Lipinski definition) is 3. The summed E-state index contributed by atoms with van der Waals surface area (Å²) in [5, 5.41) is 2.99. The third-order valence-corrected chi connectivity index (χ3v) is 5.24. The summed E-state index contributed by atoms with van der Waals surface area (Å²) >= 11 is 0. The molecule has 0 aliphatic rings. The molecular weight excluding hydrogens is 388 g/mol. The Hall–Kier alpha value is -2.82. The van der Waals surface area contributed by atoms with Gasteiger partial charge in [-0.05, 0) is 43.9 Å². The fraction of sp³-hybridized carbons (Fsp3) is 0.462. The van der Waals surface area contributed by atoms with E-state index in [1.54, 1.807) is 4.90 Å². The lowest BCUT2D eigenvalue weighted by Gasteiger charge is -2.30. The molecule has 31 heavy (non-hydrogen) atoms. The van der Waals surface area contributed by atoms with Crippen molar-refractivity contribution in [2.75, 3.05) is 13.2 Å². The number of aryl methyl sites for hydroxylation is 1. The number of unbranched alkanes of at least 4 members (excludes halogenated alkanes) is 1. The highest BCUT2D eigenvalue weighted by Crippen LogP contribution is 2.16. The first-order valence-electron chi connectivity index (χ1n) is 11.4. The topological polar surface area (TPSA) is 58.6 Å². The van der Waals surface area contributed by atoms with Crippen LogP contribution in [0.1, 0.15) is 57.1 Å². The molecule has 2 aromatic carbocycles. The molecule has 1 atom stereocenters. The van der Waals surface area contributed by atoms with E-state index in [0.29, 0.717) is 39.0 Å². The number of carbonyl (C=O) groups excluding carboxylic acids is 2. The third-order valence-electron chi connectivity index (χ3n) is 5.24. The molecule has 2 amide bonds. The zero-order valence-corrected chi connectivity index (χ0v) is 19.1. The molecule has 1 unspecified atom stereocenters. The van der Waals surface area contributed by atoms with Crippen LogP contribution in [0.4, 0.5) is 0 Å². The monoisotopic (exact) mass is 424 g/mol. The summed E-state index contributed by atoms with van der Waals surface area (Å²) in [5.41, 5.74) is 2.20. The van der Waals surface area contributed by atoms with Gasteiger partial charge in [0.2, 0.25) is 11.8 Å². The Morgan fingerprint density at radius 2 is 1.71 bits per heavy atom. The van der Waals surface area contributed by atoms with Gasteiger partial charge >= 0.3 is 0 Å². The normalized spacial score (nSPS) is 11.6. The maximum absolute atomic E-state index is 13.1. The van der Waals surface area contributed by atoms with Crippen LogP contribution in [0.2, 0.25) is 0 Å². The SMILES string of the molecule is CCCCNC(=O)C(CC)N(Cc1ccccc1)C(=O)CCCOc1ccc(C)cc1. The number of rotatable bonds is 13. The Balaban J connectivity index is 1.99. The maximum atomic E-state index is 13.1. The standard InChI is InChI=1S/C26H36N2O3/c1-4-6-18-27-26(30)24(5-2)28(20-22-11-8-7-9-12-22)25(29)13-10-19-31-23-16-14-21(3)15-17-23/h7-9,11-12,14-17,24H,4-6,10,13,18-20H2,1-3H3,(H,27,30). The van der Waals surface area contributed by atoms with Crippen molar-refractivity contribution in [3.8, 4) is 5.75 Å². The van der Waals surface area contributed by atoms with Crippen LogP contribution in [0.5, 0.6) is 5.75 Å². The van der Waals surface area contributed by atoms with Crippen LogP contribution in [-0.2, 0) is 16.1 Å². The number of ether oxygens (including phenoxy) is 1. The molecule has 5 heteroatoms. The van der Waals surface area contributed by atoms with E-state index in [1.807, 2.05) is 68.4 Å². The second kappa shape index (κ2) is 13.5. The summed E-state index contributed by atoms with van der Waals surface area (Å²) in [6, 6.07) is 17.3. The van der Waals surface area contributed by atoms with E-state index in [2.05, 4.69) is 12.2 Å². The number of hydrogen-bond donors (Lipinski definition) is 1. The highest BCUT2D eigenvalue weighted by Gasteiger charge is 2.28. The molecule has 0 spiro atoms. The molecule has 0 saturated heterocycles. The second-order valence-corrected chi connectivity index (χ2v) is 7.84. The van der Waals surface area contributed by atoms with Crippen LogP contribution < -0.4 is 10.1 Å². The lowest BCUT2D eigenvalue weighted by atomic mass is 10.1. The van der Waals surface area contributed by atoms with Gasteiger partial charge in [-0.15, -0.1) is 0 Å². The van der Waals surface area contributed by atoms with Crippen molar-refractivity contribution < 1.29 is 14.3 Å². The Labute approximate surface area is 186 Å².